The maximum atomic E-state index is 10.7. The van der Waals surface area contributed by atoms with Crippen molar-refractivity contribution in [3.63, 3.8) is 0 Å². The van der Waals surface area contributed by atoms with Gasteiger partial charge in [-0.25, -0.2) is 9.59 Å². The Balaban J connectivity index is 0.000000251. The molecule has 9 heteroatoms. The van der Waals surface area contributed by atoms with Crippen LogP contribution in [0.15, 0.2) is 36.4 Å². The molecule has 0 heterocycles. The monoisotopic (exact) mass is 342 g/mol. The Bertz CT molecular complexity index is 887. The van der Waals surface area contributed by atoms with Gasteiger partial charge in [0, 0.05) is 16.9 Å². The van der Waals surface area contributed by atoms with Crippen LogP contribution in [0.25, 0.3) is 0 Å². The highest BCUT2D eigenvalue weighted by Gasteiger charge is 2.09. The SMILES string of the molecule is N#Cc1ccc(C(=O)O)c(N)c1.NC(=O)c1ccc(C(=O)O)c(N)c1. The number of nitrogens with zero attached hydrogens (tertiary/aromatic N) is 1. The third-order valence-electron chi connectivity index (χ3n) is 2.98. The summed E-state index contributed by atoms with van der Waals surface area (Å²) in [5.74, 6) is -2.85. The first kappa shape index (κ1) is 19.0. The molecule has 0 unspecified atom stereocenters. The normalized spacial score (nSPS) is 9.24. The fraction of sp³-hybridized carbons (Fsp3) is 0. The molecule has 2 rings (SSSR count). The standard InChI is InChI=1S/C8H8N2O3.C8H6N2O2/c9-6-3-4(7(10)11)1-2-5(6)8(12)13;9-4-5-1-2-6(8(11)12)7(10)3-5/h1-3H,9H2,(H2,10,11)(H,12,13);1-3H,10H2,(H,11,12). The predicted molar refractivity (Wildman–Crippen MR) is 88.9 cm³/mol. The van der Waals surface area contributed by atoms with E-state index in [1.165, 1.54) is 36.4 Å². The summed E-state index contributed by atoms with van der Waals surface area (Å²) in [5.41, 5.74) is 16.4. The molecule has 0 saturated heterocycles. The number of primary amides is 1. The number of nitrogen functional groups attached to an aromatic ring is 2. The molecular weight excluding hydrogens is 328 g/mol. The van der Waals surface area contributed by atoms with Crippen LogP contribution in [-0.4, -0.2) is 28.1 Å². The lowest BCUT2D eigenvalue weighted by Gasteiger charge is -2.01. The highest BCUT2D eigenvalue weighted by Crippen LogP contribution is 2.14. The highest BCUT2D eigenvalue weighted by atomic mass is 16.4. The first-order chi connectivity index (χ1) is 11.7. The van der Waals surface area contributed by atoms with Crippen LogP contribution in [0.2, 0.25) is 0 Å². The van der Waals surface area contributed by atoms with Gasteiger partial charge >= 0.3 is 11.9 Å². The number of benzene rings is 2. The lowest BCUT2D eigenvalue weighted by molar-refractivity contribution is 0.0687. The number of rotatable bonds is 3. The Kier molecular flexibility index (Phi) is 6.06. The quantitative estimate of drug-likeness (QED) is 0.507. The van der Waals surface area contributed by atoms with Crippen LogP contribution in [0.5, 0.6) is 0 Å². The molecular formula is C16H14N4O5. The lowest BCUT2D eigenvalue weighted by Crippen LogP contribution is -2.12. The molecule has 0 aromatic heterocycles. The molecule has 8 N–H and O–H groups in total. The fourth-order valence-electron chi connectivity index (χ4n) is 1.74. The molecule has 1 amide bonds. The van der Waals surface area contributed by atoms with E-state index in [1.54, 1.807) is 0 Å². The molecule has 0 atom stereocenters. The second kappa shape index (κ2) is 7.98. The van der Waals surface area contributed by atoms with Crippen LogP contribution in [-0.2, 0) is 0 Å². The lowest BCUT2D eigenvalue weighted by atomic mass is 10.1. The molecule has 25 heavy (non-hydrogen) atoms. The Labute approximate surface area is 141 Å². The summed E-state index contributed by atoms with van der Waals surface area (Å²) in [5, 5.41) is 25.6. The van der Waals surface area contributed by atoms with Crippen molar-refractivity contribution in [2.75, 3.05) is 11.5 Å². The number of carboxylic acid groups (broad SMARTS) is 2. The average Bonchev–Trinajstić information content (AvgIpc) is 2.54. The highest BCUT2D eigenvalue weighted by molar-refractivity contribution is 5.98. The summed E-state index contributed by atoms with van der Waals surface area (Å²) >= 11 is 0. The summed E-state index contributed by atoms with van der Waals surface area (Å²) in [6.07, 6.45) is 0. The molecule has 0 spiro atoms. The molecule has 0 radical (unpaired) electrons. The maximum Gasteiger partial charge on any atom is 0.337 e. The minimum atomic E-state index is -1.13. The molecule has 2 aromatic carbocycles. The predicted octanol–water partition coefficient (Wildman–Crippen LogP) is 0.905. The first-order valence-corrected chi connectivity index (χ1v) is 6.63. The molecule has 0 aliphatic rings. The number of aromatic carboxylic acids is 2. The van der Waals surface area contributed by atoms with Crippen LogP contribution in [0.4, 0.5) is 11.4 Å². The molecule has 0 saturated carbocycles. The molecule has 0 fully saturated rings. The Morgan fingerprint density at radius 3 is 1.72 bits per heavy atom. The number of nitriles is 1. The van der Waals surface area contributed by atoms with E-state index in [2.05, 4.69) is 0 Å². The first-order valence-electron chi connectivity index (χ1n) is 6.63. The van der Waals surface area contributed by atoms with Crippen molar-refractivity contribution in [2.45, 2.75) is 0 Å². The summed E-state index contributed by atoms with van der Waals surface area (Å²) in [4.78, 5) is 31.6. The molecule has 0 aliphatic carbocycles. The topological polar surface area (TPSA) is 194 Å². The van der Waals surface area contributed by atoms with E-state index in [9.17, 15) is 14.4 Å². The second-order valence-corrected chi connectivity index (χ2v) is 4.69. The summed E-state index contributed by atoms with van der Waals surface area (Å²) in [6.45, 7) is 0. The van der Waals surface area contributed by atoms with Crippen molar-refractivity contribution in [3.05, 3.63) is 58.7 Å². The maximum absolute atomic E-state index is 10.7. The van der Waals surface area contributed by atoms with Crippen molar-refractivity contribution < 1.29 is 24.6 Å². The molecule has 2 aromatic rings. The number of anilines is 2. The molecule has 128 valence electrons. The molecule has 0 aliphatic heterocycles. The van der Waals surface area contributed by atoms with E-state index >= 15 is 0 Å². The van der Waals surface area contributed by atoms with E-state index in [0.717, 1.165) is 0 Å². The van der Waals surface area contributed by atoms with Gasteiger partial charge in [-0.2, -0.15) is 5.26 Å². The van der Waals surface area contributed by atoms with Crippen LogP contribution < -0.4 is 17.2 Å². The van der Waals surface area contributed by atoms with Gasteiger partial charge in [0.25, 0.3) is 0 Å². The number of amides is 1. The van der Waals surface area contributed by atoms with Crippen molar-refractivity contribution in [3.8, 4) is 6.07 Å². The number of hydrogen-bond donors (Lipinski definition) is 5. The van der Waals surface area contributed by atoms with E-state index in [-0.39, 0.29) is 28.1 Å². The number of carbonyl (C=O) groups is 3. The Morgan fingerprint density at radius 1 is 0.880 bits per heavy atom. The average molecular weight is 342 g/mol. The number of nitrogens with two attached hydrogens (primary N) is 3. The van der Waals surface area contributed by atoms with Crippen molar-refractivity contribution in [2.24, 2.45) is 5.73 Å². The van der Waals surface area contributed by atoms with Crippen LogP contribution in [0.3, 0.4) is 0 Å². The zero-order valence-corrected chi connectivity index (χ0v) is 12.8. The fourth-order valence-corrected chi connectivity index (χ4v) is 1.74. The van der Waals surface area contributed by atoms with Gasteiger partial charge in [0.1, 0.15) is 0 Å². The summed E-state index contributed by atoms with van der Waals surface area (Å²) < 4.78 is 0. The largest absolute Gasteiger partial charge is 0.478 e. The van der Waals surface area contributed by atoms with E-state index in [0.29, 0.717) is 5.56 Å². The van der Waals surface area contributed by atoms with Gasteiger partial charge in [-0.05, 0) is 36.4 Å². The second-order valence-electron chi connectivity index (χ2n) is 4.69. The Morgan fingerprint density at radius 2 is 1.36 bits per heavy atom. The van der Waals surface area contributed by atoms with Gasteiger partial charge in [0.2, 0.25) is 5.91 Å². The minimum Gasteiger partial charge on any atom is -0.478 e. The van der Waals surface area contributed by atoms with Gasteiger partial charge in [0.15, 0.2) is 0 Å². The molecule has 0 bridgehead atoms. The zero-order valence-electron chi connectivity index (χ0n) is 12.8. The van der Waals surface area contributed by atoms with Crippen LogP contribution >= 0.6 is 0 Å². The smallest absolute Gasteiger partial charge is 0.337 e. The van der Waals surface area contributed by atoms with Gasteiger partial charge in [-0.1, -0.05) is 0 Å². The van der Waals surface area contributed by atoms with E-state index < -0.39 is 17.8 Å². The minimum absolute atomic E-state index is 0.0222. The van der Waals surface area contributed by atoms with Gasteiger partial charge in [-0.15, -0.1) is 0 Å². The van der Waals surface area contributed by atoms with E-state index in [4.69, 9.17) is 32.7 Å². The Hall–Kier alpha value is -4.06. The van der Waals surface area contributed by atoms with Gasteiger partial charge in [-0.3, -0.25) is 4.79 Å². The number of carboxylic acids is 2. The summed E-state index contributed by atoms with van der Waals surface area (Å²) in [7, 11) is 0. The van der Waals surface area contributed by atoms with Gasteiger partial charge < -0.3 is 27.4 Å². The van der Waals surface area contributed by atoms with Crippen LogP contribution in [0, 0.1) is 11.3 Å². The number of carbonyl (C=O) groups excluding carboxylic acids is 1. The van der Waals surface area contributed by atoms with Crippen molar-refractivity contribution in [1.29, 1.82) is 5.26 Å². The van der Waals surface area contributed by atoms with Crippen molar-refractivity contribution in [1.82, 2.24) is 0 Å². The molecule has 9 nitrogen and oxygen atoms in total. The third-order valence-corrected chi connectivity index (χ3v) is 2.98. The van der Waals surface area contributed by atoms with Crippen LogP contribution in [0.1, 0.15) is 36.6 Å². The number of hydrogen-bond acceptors (Lipinski definition) is 6. The van der Waals surface area contributed by atoms with Gasteiger partial charge in [0.05, 0.1) is 22.8 Å². The zero-order chi connectivity index (χ0) is 19.1. The summed E-state index contributed by atoms with van der Waals surface area (Å²) in [6, 6.07) is 9.74. The van der Waals surface area contributed by atoms with E-state index in [1.807, 2.05) is 6.07 Å². The van der Waals surface area contributed by atoms with Crippen molar-refractivity contribution >= 4 is 29.2 Å². The third kappa shape index (κ3) is 4.97.